The second-order valence-corrected chi connectivity index (χ2v) is 4.78. The molecule has 0 bridgehead atoms. The summed E-state index contributed by atoms with van der Waals surface area (Å²) in [7, 11) is 0. The molecule has 1 unspecified atom stereocenters. The quantitative estimate of drug-likeness (QED) is 0.801. The number of nitrogens with zero attached hydrogens (tertiary/aromatic N) is 1. The number of aromatic nitrogens is 1. The van der Waals surface area contributed by atoms with Crippen molar-refractivity contribution < 1.29 is 9.53 Å². The van der Waals surface area contributed by atoms with Crippen molar-refractivity contribution in [3.63, 3.8) is 0 Å². The second kappa shape index (κ2) is 5.27. The summed E-state index contributed by atoms with van der Waals surface area (Å²) in [5, 5.41) is 5.21. The highest BCUT2D eigenvalue weighted by molar-refractivity contribution is 7.13. The number of rotatable bonds is 4. The van der Waals surface area contributed by atoms with E-state index in [4.69, 9.17) is 10.5 Å². The fourth-order valence-electron chi connectivity index (χ4n) is 1.63. The summed E-state index contributed by atoms with van der Waals surface area (Å²) in [6, 6.07) is 0. The molecule has 1 atom stereocenters. The van der Waals surface area contributed by atoms with E-state index in [1.807, 2.05) is 5.38 Å². The predicted molar refractivity (Wildman–Crippen MR) is 62.2 cm³/mol. The molecule has 0 aromatic carbocycles. The number of anilines is 1. The van der Waals surface area contributed by atoms with Gasteiger partial charge < -0.3 is 15.8 Å². The average Bonchev–Trinajstić information content (AvgIpc) is 2.87. The zero-order chi connectivity index (χ0) is 11.4. The molecule has 16 heavy (non-hydrogen) atoms. The fraction of sp³-hybridized carbons (Fsp3) is 0.600. The van der Waals surface area contributed by atoms with Crippen LogP contribution in [-0.4, -0.2) is 30.6 Å². The number of nitrogens with one attached hydrogen (secondary N) is 1. The maximum atomic E-state index is 11.6. The molecule has 0 aliphatic carbocycles. The van der Waals surface area contributed by atoms with Gasteiger partial charge in [-0.05, 0) is 6.42 Å². The Morgan fingerprint density at radius 1 is 1.75 bits per heavy atom. The zero-order valence-corrected chi connectivity index (χ0v) is 9.76. The molecule has 1 amide bonds. The van der Waals surface area contributed by atoms with Gasteiger partial charge >= 0.3 is 0 Å². The molecule has 0 radical (unpaired) electrons. The molecule has 0 spiro atoms. The van der Waals surface area contributed by atoms with E-state index in [1.54, 1.807) is 0 Å². The molecule has 1 aliphatic heterocycles. The summed E-state index contributed by atoms with van der Waals surface area (Å²) in [5.41, 5.74) is 6.23. The maximum Gasteiger partial charge on any atom is 0.226 e. The number of ether oxygens (including phenoxy) is 1. The van der Waals surface area contributed by atoms with Crippen molar-refractivity contribution in [1.29, 1.82) is 0 Å². The molecule has 6 heteroatoms. The van der Waals surface area contributed by atoms with Crippen molar-refractivity contribution in [3.8, 4) is 0 Å². The molecular formula is C10H15N3O2S. The summed E-state index contributed by atoms with van der Waals surface area (Å²) in [5.74, 6) is 0.460. The van der Waals surface area contributed by atoms with Gasteiger partial charge in [-0.25, -0.2) is 4.98 Å². The molecule has 2 rings (SSSR count). The molecule has 1 aromatic heterocycles. The highest BCUT2D eigenvalue weighted by Gasteiger charge is 2.16. The SMILES string of the molecule is Nc1nc(CC(=O)NCC2CCOC2)cs1. The van der Waals surface area contributed by atoms with Crippen LogP contribution in [-0.2, 0) is 16.0 Å². The lowest BCUT2D eigenvalue weighted by Crippen LogP contribution is -2.30. The monoisotopic (exact) mass is 241 g/mol. The van der Waals surface area contributed by atoms with Crippen molar-refractivity contribution in [2.45, 2.75) is 12.8 Å². The van der Waals surface area contributed by atoms with Crippen LogP contribution in [0, 0.1) is 5.92 Å². The van der Waals surface area contributed by atoms with Crippen LogP contribution in [0.1, 0.15) is 12.1 Å². The topological polar surface area (TPSA) is 77.2 Å². The van der Waals surface area contributed by atoms with Gasteiger partial charge in [-0.1, -0.05) is 0 Å². The third kappa shape index (κ3) is 3.18. The number of nitrogen functional groups attached to an aromatic ring is 1. The molecule has 1 aliphatic rings. The number of nitrogens with two attached hydrogens (primary N) is 1. The number of thiazole rings is 1. The summed E-state index contributed by atoms with van der Waals surface area (Å²) in [6.07, 6.45) is 1.34. The number of hydrogen-bond donors (Lipinski definition) is 2. The Kier molecular flexibility index (Phi) is 3.74. The van der Waals surface area contributed by atoms with Gasteiger partial charge in [0.05, 0.1) is 18.7 Å². The van der Waals surface area contributed by atoms with E-state index in [1.165, 1.54) is 11.3 Å². The van der Waals surface area contributed by atoms with E-state index >= 15 is 0 Å². The molecular weight excluding hydrogens is 226 g/mol. The molecule has 1 fully saturated rings. The minimum absolute atomic E-state index is 0.00259. The average molecular weight is 241 g/mol. The Morgan fingerprint density at radius 3 is 3.25 bits per heavy atom. The maximum absolute atomic E-state index is 11.6. The fourth-order valence-corrected chi connectivity index (χ4v) is 2.20. The number of carbonyl (C=O) groups excluding carboxylic acids is 1. The van der Waals surface area contributed by atoms with E-state index in [0.29, 0.717) is 24.0 Å². The van der Waals surface area contributed by atoms with Gasteiger partial charge in [0.15, 0.2) is 5.13 Å². The molecule has 3 N–H and O–H groups in total. The Hall–Kier alpha value is -1.14. The van der Waals surface area contributed by atoms with Gasteiger partial charge in [0.25, 0.3) is 0 Å². The second-order valence-electron chi connectivity index (χ2n) is 3.89. The van der Waals surface area contributed by atoms with Gasteiger partial charge in [-0.2, -0.15) is 0 Å². The van der Waals surface area contributed by atoms with Gasteiger partial charge in [0, 0.05) is 24.4 Å². The van der Waals surface area contributed by atoms with E-state index < -0.39 is 0 Å². The smallest absolute Gasteiger partial charge is 0.226 e. The molecule has 2 heterocycles. The molecule has 1 aromatic rings. The summed E-state index contributed by atoms with van der Waals surface area (Å²) in [6.45, 7) is 2.26. The van der Waals surface area contributed by atoms with Crippen LogP contribution in [0.25, 0.3) is 0 Å². The lowest BCUT2D eigenvalue weighted by molar-refractivity contribution is -0.120. The summed E-state index contributed by atoms with van der Waals surface area (Å²) >= 11 is 1.36. The van der Waals surface area contributed by atoms with Gasteiger partial charge in [0.1, 0.15) is 0 Å². The van der Waals surface area contributed by atoms with Crippen LogP contribution in [0.4, 0.5) is 5.13 Å². The number of carbonyl (C=O) groups is 1. The Balaban J connectivity index is 1.71. The third-order valence-electron chi connectivity index (χ3n) is 2.52. The van der Waals surface area contributed by atoms with Crippen LogP contribution in [0.3, 0.4) is 0 Å². The van der Waals surface area contributed by atoms with E-state index in [2.05, 4.69) is 10.3 Å². The Labute approximate surface area is 98.0 Å². The number of amides is 1. The van der Waals surface area contributed by atoms with Crippen molar-refractivity contribution in [2.75, 3.05) is 25.5 Å². The first-order valence-corrected chi connectivity index (χ1v) is 6.16. The summed E-state index contributed by atoms with van der Waals surface area (Å²) < 4.78 is 5.23. The van der Waals surface area contributed by atoms with Crippen LogP contribution in [0.2, 0.25) is 0 Å². The molecule has 0 saturated carbocycles. The lowest BCUT2D eigenvalue weighted by Gasteiger charge is -2.08. The van der Waals surface area contributed by atoms with Crippen LogP contribution < -0.4 is 11.1 Å². The Morgan fingerprint density at radius 2 is 2.62 bits per heavy atom. The third-order valence-corrected chi connectivity index (χ3v) is 3.25. The highest BCUT2D eigenvalue weighted by atomic mass is 32.1. The lowest BCUT2D eigenvalue weighted by atomic mass is 10.1. The Bertz CT molecular complexity index is 361. The van der Waals surface area contributed by atoms with Gasteiger partial charge in [-0.3, -0.25) is 4.79 Å². The molecule has 1 saturated heterocycles. The minimum atomic E-state index is -0.00259. The first-order valence-electron chi connectivity index (χ1n) is 5.28. The highest BCUT2D eigenvalue weighted by Crippen LogP contribution is 2.12. The largest absolute Gasteiger partial charge is 0.381 e. The molecule has 5 nitrogen and oxygen atoms in total. The normalized spacial score (nSPS) is 19.9. The minimum Gasteiger partial charge on any atom is -0.381 e. The summed E-state index contributed by atoms with van der Waals surface area (Å²) in [4.78, 5) is 15.6. The zero-order valence-electron chi connectivity index (χ0n) is 8.94. The standard InChI is InChI=1S/C10H15N3O2S/c11-10-13-8(6-16-10)3-9(14)12-4-7-1-2-15-5-7/h6-7H,1-5H2,(H2,11,13)(H,12,14). The van der Waals surface area contributed by atoms with Crippen LogP contribution >= 0.6 is 11.3 Å². The van der Waals surface area contributed by atoms with Crippen LogP contribution in [0.15, 0.2) is 5.38 Å². The van der Waals surface area contributed by atoms with E-state index in [0.717, 1.165) is 25.3 Å². The first-order chi connectivity index (χ1) is 7.74. The first kappa shape index (κ1) is 11.3. The van der Waals surface area contributed by atoms with Crippen molar-refractivity contribution >= 4 is 22.4 Å². The van der Waals surface area contributed by atoms with Crippen molar-refractivity contribution in [1.82, 2.24) is 10.3 Å². The van der Waals surface area contributed by atoms with Crippen molar-refractivity contribution in [3.05, 3.63) is 11.1 Å². The van der Waals surface area contributed by atoms with Crippen molar-refractivity contribution in [2.24, 2.45) is 5.92 Å². The molecule has 88 valence electrons. The predicted octanol–water partition coefficient (Wildman–Crippen LogP) is 0.420. The van der Waals surface area contributed by atoms with Crippen LogP contribution in [0.5, 0.6) is 0 Å². The van der Waals surface area contributed by atoms with E-state index in [9.17, 15) is 4.79 Å². The van der Waals surface area contributed by atoms with E-state index in [-0.39, 0.29) is 5.91 Å². The van der Waals surface area contributed by atoms with Gasteiger partial charge in [0.2, 0.25) is 5.91 Å². The number of hydrogen-bond acceptors (Lipinski definition) is 5. The van der Waals surface area contributed by atoms with Gasteiger partial charge in [-0.15, -0.1) is 11.3 Å².